The van der Waals surface area contributed by atoms with Gasteiger partial charge in [0.05, 0.1) is 5.92 Å². The summed E-state index contributed by atoms with van der Waals surface area (Å²) in [6.45, 7) is 7.32. The third kappa shape index (κ3) is 4.88. The minimum absolute atomic E-state index is 0.161. The number of benzene rings is 1. The molecule has 100 valence electrons. The molecule has 0 spiro atoms. The van der Waals surface area contributed by atoms with Crippen molar-refractivity contribution in [2.24, 2.45) is 11.8 Å². The maximum atomic E-state index is 11.0. The Balaban J connectivity index is 2.29. The number of rotatable bonds is 7. The smallest absolute Gasteiger partial charge is 0.308 e. The van der Waals surface area contributed by atoms with Crippen molar-refractivity contribution < 1.29 is 9.90 Å². The Morgan fingerprint density at radius 2 is 1.89 bits per heavy atom. The highest BCUT2D eigenvalue weighted by Crippen LogP contribution is 2.09. The van der Waals surface area contributed by atoms with Crippen molar-refractivity contribution in [1.29, 1.82) is 0 Å². The quantitative estimate of drug-likeness (QED) is 0.730. The number of carbonyl (C=O) groups is 1. The summed E-state index contributed by atoms with van der Waals surface area (Å²) in [6, 6.07) is 8.44. The van der Waals surface area contributed by atoms with Crippen molar-refractivity contribution in [3.63, 3.8) is 0 Å². The molecule has 1 aromatic carbocycles. The van der Waals surface area contributed by atoms with Gasteiger partial charge >= 0.3 is 5.97 Å². The number of aliphatic carboxylic acids is 1. The van der Waals surface area contributed by atoms with Crippen molar-refractivity contribution >= 4 is 5.97 Å². The molecule has 0 bridgehead atoms. The van der Waals surface area contributed by atoms with Crippen LogP contribution >= 0.6 is 0 Å². The zero-order chi connectivity index (χ0) is 13.5. The average Bonchev–Trinajstić information content (AvgIpc) is 2.30. The average molecular weight is 249 g/mol. The molecule has 0 saturated heterocycles. The normalized spacial score (nSPS) is 12.7. The lowest BCUT2D eigenvalue weighted by molar-refractivity contribution is -0.143. The van der Waals surface area contributed by atoms with Gasteiger partial charge in [-0.15, -0.1) is 0 Å². The summed E-state index contributed by atoms with van der Waals surface area (Å²) >= 11 is 0. The monoisotopic (exact) mass is 249 g/mol. The Morgan fingerprint density at radius 3 is 2.39 bits per heavy atom. The van der Waals surface area contributed by atoms with Gasteiger partial charge in [0, 0.05) is 6.54 Å². The first kappa shape index (κ1) is 14.7. The second-order valence-electron chi connectivity index (χ2n) is 5.13. The molecule has 0 aliphatic rings. The van der Waals surface area contributed by atoms with Crippen LogP contribution in [0.3, 0.4) is 0 Å². The first-order chi connectivity index (χ1) is 8.50. The highest BCUT2D eigenvalue weighted by atomic mass is 16.4. The van der Waals surface area contributed by atoms with E-state index in [0.29, 0.717) is 6.54 Å². The van der Waals surface area contributed by atoms with Gasteiger partial charge in [-0.2, -0.15) is 0 Å². The fourth-order valence-electron chi connectivity index (χ4n) is 1.85. The molecule has 1 atom stereocenters. The van der Waals surface area contributed by atoms with Gasteiger partial charge in [-0.25, -0.2) is 0 Å². The number of hydrogen-bond donors (Lipinski definition) is 2. The molecular formula is C15H23NO2. The van der Waals surface area contributed by atoms with E-state index in [1.807, 2.05) is 13.8 Å². The van der Waals surface area contributed by atoms with Crippen LogP contribution in [0.5, 0.6) is 0 Å². The Kier molecular flexibility index (Phi) is 5.86. The van der Waals surface area contributed by atoms with E-state index in [4.69, 9.17) is 5.11 Å². The van der Waals surface area contributed by atoms with Crippen molar-refractivity contribution in [2.75, 3.05) is 13.1 Å². The van der Waals surface area contributed by atoms with Crippen LogP contribution in [0.2, 0.25) is 0 Å². The van der Waals surface area contributed by atoms with Crippen LogP contribution in [0.4, 0.5) is 0 Å². The second kappa shape index (κ2) is 7.17. The SMILES string of the molecule is Cc1ccc(CCNCC(C(=O)O)C(C)C)cc1. The number of aryl methyl sites for hydroxylation is 1. The van der Waals surface area contributed by atoms with E-state index in [0.717, 1.165) is 13.0 Å². The van der Waals surface area contributed by atoms with Gasteiger partial charge < -0.3 is 10.4 Å². The highest BCUT2D eigenvalue weighted by molar-refractivity contribution is 5.70. The Morgan fingerprint density at radius 1 is 1.28 bits per heavy atom. The van der Waals surface area contributed by atoms with Crippen molar-refractivity contribution in [1.82, 2.24) is 5.32 Å². The molecule has 0 saturated carbocycles. The van der Waals surface area contributed by atoms with Crippen LogP contribution in [-0.4, -0.2) is 24.2 Å². The molecule has 1 rings (SSSR count). The summed E-state index contributed by atoms with van der Waals surface area (Å²) in [5.41, 5.74) is 2.54. The molecule has 0 radical (unpaired) electrons. The number of nitrogens with one attached hydrogen (secondary N) is 1. The number of carboxylic acids is 1. The summed E-state index contributed by atoms with van der Waals surface area (Å²) in [7, 11) is 0. The molecule has 1 unspecified atom stereocenters. The first-order valence-electron chi connectivity index (χ1n) is 6.49. The van der Waals surface area contributed by atoms with E-state index in [1.54, 1.807) is 0 Å². The predicted octanol–water partition coefficient (Wildman–Crippen LogP) is 2.48. The van der Waals surface area contributed by atoms with E-state index in [-0.39, 0.29) is 11.8 Å². The summed E-state index contributed by atoms with van der Waals surface area (Å²) in [5.74, 6) is -0.856. The van der Waals surface area contributed by atoms with Gasteiger partial charge in [-0.1, -0.05) is 43.7 Å². The van der Waals surface area contributed by atoms with E-state index in [2.05, 4.69) is 36.5 Å². The van der Waals surface area contributed by atoms with Crippen LogP contribution in [0.25, 0.3) is 0 Å². The predicted molar refractivity (Wildman–Crippen MR) is 73.7 cm³/mol. The Bertz CT molecular complexity index is 371. The topological polar surface area (TPSA) is 49.3 Å². The van der Waals surface area contributed by atoms with Crippen molar-refractivity contribution in [2.45, 2.75) is 27.2 Å². The highest BCUT2D eigenvalue weighted by Gasteiger charge is 2.20. The number of carboxylic acid groups (broad SMARTS) is 1. The summed E-state index contributed by atoms with van der Waals surface area (Å²) < 4.78 is 0. The van der Waals surface area contributed by atoms with Gasteiger partial charge in [0.15, 0.2) is 0 Å². The molecule has 0 heterocycles. The van der Waals surface area contributed by atoms with Crippen LogP contribution < -0.4 is 5.32 Å². The Hall–Kier alpha value is -1.35. The van der Waals surface area contributed by atoms with Gasteiger partial charge in [0.1, 0.15) is 0 Å². The molecule has 0 aromatic heterocycles. The van der Waals surface area contributed by atoms with Gasteiger partial charge in [0.2, 0.25) is 0 Å². The minimum Gasteiger partial charge on any atom is -0.481 e. The summed E-state index contributed by atoms with van der Waals surface area (Å²) in [4.78, 5) is 11.0. The van der Waals surface area contributed by atoms with E-state index in [9.17, 15) is 4.79 Å². The molecule has 0 aliphatic carbocycles. The summed E-state index contributed by atoms with van der Waals surface area (Å²) in [6.07, 6.45) is 0.935. The first-order valence-corrected chi connectivity index (χ1v) is 6.49. The van der Waals surface area contributed by atoms with Crippen molar-refractivity contribution in [3.05, 3.63) is 35.4 Å². The zero-order valence-electron chi connectivity index (χ0n) is 11.4. The van der Waals surface area contributed by atoms with Crippen LogP contribution in [0.1, 0.15) is 25.0 Å². The molecule has 0 aliphatic heterocycles. The second-order valence-corrected chi connectivity index (χ2v) is 5.13. The largest absolute Gasteiger partial charge is 0.481 e. The van der Waals surface area contributed by atoms with Crippen LogP contribution in [0, 0.1) is 18.8 Å². The molecule has 1 aromatic rings. The maximum absolute atomic E-state index is 11.0. The number of hydrogen-bond acceptors (Lipinski definition) is 2. The molecule has 3 heteroatoms. The Labute approximate surface area is 109 Å². The summed E-state index contributed by atoms with van der Waals surface area (Å²) in [5, 5.41) is 12.3. The lowest BCUT2D eigenvalue weighted by atomic mass is 9.96. The molecule has 3 nitrogen and oxygen atoms in total. The maximum Gasteiger partial charge on any atom is 0.308 e. The lowest BCUT2D eigenvalue weighted by Gasteiger charge is -2.16. The molecule has 18 heavy (non-hydrogen) atoms. The van der Waals surface area contributed by atoms with Crippen LogP contribution in [-0.2, 0) is 11.2 Å². The van der Waals surface area contributed by atoms with E-state index >= 15 is 0 Å². The zero-order valence-corrected chi connectivity index (χ0v) is 11.4. The lowest BCUT2D eigenvalue weighted by Crippen LogP contribution is -2.33. The molecular weight excluding hydrogens is 226 g/mol. The van der Waals surface area contributed by atoms with Crippen LogP contribution in [0.15, 0.2) is 24.3 Å². The fraction of sp³-hybridized carbons (Fsp3) is 0.533. The molecule has 2 N–H and O–H groups in total. The van der Waals surface area contributed by atoms with Gasteiger partial charge in [-0.05, 0) is 31.4 Å². The van der Waals surface area contributed by atoms with Crippen molar-refractivity contribution in [3.8, 4) is 0 Å². The standard InChI is InChI=1S/C15H23NO2/c1-11(2)14(15(17)18)10-16-9-8-13-6-4-12(3)5-7-13/h4-7,11,14,16H,8-10H2,1-3H3,(H,17,18). The van der Waals surface area contributed by atoms with Gasteiger partial charge in [-0.3, -0.25) is 4.79 Å². The van der Waals surface area contributed by atoms with E-state index in [1.165, 1.54) is 11.1 Å². The third-order valence-corrected chi connectivity index (χ3v) is 3.20. The minimum atomic E-state index is -0.715. The fourth-order valence-corrected chi connectivity index (χ4v) is 1.85. The van der Waals surface area contributed by atoms with E-state index < -0.39 is 5.97 Å². The molecule has 0 fully saturated rings. The van der Waals surface area contributed by atoms with Gasteiger partial charge in [0.25, 0.3) is 0 Å². The molecule has 0 amide bonds. The third-order valence-electron chi connectivity index (χ3n) is 3.20.